The summed E-state index contributed by atoms with van der Waals surface area (Å²) in [6.07, 6.45) is 0.795. The van der Waals surface area contributed by atoms with Gasteiger partial charge in [0.25, 0.3) is 0 Å². The van der Waals surface area contributed by atoms with E-state index < -0.39 is 11.6 Å². The largest absolute Gasteiger partial charge is 0.454 e. The highest BCUT2D eigenvalue weighted by Crippen LogP contribution is 2.33. The Labute approximate surface area is 150 Å². The lowest BCUT2D eigenvalue weighted by atomic mass is 9.83. The van der Waals surface area contributed by atoms with Crippen molar-refractivity contribution in [3.8, 4) is 0 Å². The fourth-order valence-electron chi connectivity index (χ4n) is 4.14. The van der Waals surface area contributed by atoms with Crippen LogP contribution in [0.25, 0.3) is 0 Å². The van der Waals surface area contributed by atoms with Crippen LogP contribution in [0.15, 0.2) is 30.3 Å². The SMILES string of the molecule is CC(C)C(O)(C(=O)OC1CC[N+]2(CCN(C)CC2)C1)c1ccccc1. The molecule has 25 heavy (non-hydrogen) atoms. The standard InChI is InChI=1S/C20H31N2O3/c1-16(2)20(24,17-7-5-4-6-8-17)19(23)25-18-9-12-22(15-18)13-10-21(3)11-14-22/h4-8,16,18,24H,9-15H2,1-3H3/q+1. The van der Waals surface area contributed by atoms with Gasteiger partial charge in [-0.15, -0.1) is 0 Å². The summed E-state index contributed by atoms with van der Waals surface area (Å²) in [6, 6.07) is 9.16. The molecule has 2 aliphatic heterocycles. The molecule has 5 nitrogen and oxygen atoms in total. The molecule has 0 bridgehead atoms. The molecule has 3 rings (SSSR count). The zero-order chi connectivity index (χ0) is 18.1. The summed E-state index contributed by atoms with van der Waals surface area (Å²) in [6.45, 7) is 10.1. The van der Waals surface area contributed by atoms with Crippen LogP contribution in [0, 0.1) is 5.92 Å². The number of hydrogen-bond donors (Lipinski definition) is 1. The minimum absolute atomic E-state index is 0.0927. The molecule has 0 amide bonds. The second kappa shape index (κ2) is 7.06. The van der Waals surface area contributed by atoms with E-state index in [0.717, 1.165) is 50.2 Å². The quantitative estimate of drug-likeness (QED) is 0.664. The van der Waals surface area contributed by atoms with Gasteiger partial charge in [-0.2, -0.15) is 0 Å². The van der Waals surface area contributed by atoms with Gasteiger partial charge < -0.3 is 14.3 Å². The molecule has 1 aromatic carbocycles. The van der Waals surface area contributed by atoms with Crippen LogP contribution in [-0.4, -0.2) is 72.9 Å². The van der Waals surface area contributed by atoms with Crippen molar-refractivity contribution in [2.75, 3.05) is 46.3 Å². The van der Waals surface area contributed by atoms with Gasteiger partial charge in [-0.3, -0.25) is 4.90 Å². The molecule has 2 heterocycles. The minimum atomic E-state index is -1.59. The predicted molar refractivity (Wildman–Crippen MR) is 96.9 cm³/mol. The molecule has 2 atom stereocenters. The molecule has 0 aliphatic carbocycles. The van der Waals surface area contributed by atoms with Gasteiger partial charge >= 0.3 is 5.97 Å². The van der Waals surface area contributed by atoms with Gasteiger partial charge in [0, 0.05) is 19.5 Å². The van der Waals surface area contributed by atoms with Crippen LogP contribution in [-0.2, 0) is 15.1 Å². The van der Waals surface area contributed by atoms with Crippen molar-refractivity contribution in [2.24, 2.45) is 5.92 Å². The molecular formula is C20H31N2O3+. The molecule has 0 aromatic heterocycles. The number of benzene rings is 1. The average molecular weight is 347 g/mol. The monoisotopic (exact) mass is 347 g/mol. The number of quaternary nitrogens is 1. The number of hydrogen-bond acceptors (Lipinski definition) is 4. The lowest BCUT2D eigenvalue weighted by Gasteiger charge is -2.41. The van der Waals surface area contributed by atoms with Gasteiger partial charge in [-0.1, -0.05) is 44.2 Å². The van der Waals surface area contributed by atoms with E-state index in [1.165, 1.54) is 0 Å². The number of ether oxygens (including phenoxy) is 1. The van der Waals surface area contributed by atoms with Gasteiger partial charge in [0.1, 0.15) is 6.54 Å². The van der Waals surface area contributed by atoms with E-state index in [1.807, 2.05) is 32.0 Å². The number of esters is 1. The molecule has 2 aliphatic rings. The van der Waals surface area contributed by atoms with Gasteiger partial charge in [0.15, 0.2) is 11.7 Å². The van der Waals surface area contributed by atoms with Crippen LogP contribution in [0.1, 0.15) is 25.8 Å². The van der Waals surface area contributed by atoms with Gasteiger partial charge in [0.05, 0.1) is 19.6 Å². The van der Waals surface area contributed by atoms with Crippen LogP contribution in [0.5, 0.6) is 0 Å². The lowest BCUT2D eigenvalue weighted by molar-refractivity contribution is -0.921. The van der Waals surface area contributed by atoms with E-state index in [4.69, 9.17) is 4.74 Å². The molecule has 138 valence electrons. The van der Waals surface area contributed by atoms with Crippen molar-refractivity contribution in [1.82, 2.24) is 4.90 Å². The molecule has 1 spiro atoms. The highest BCUT2D eigenvalue weighted by atomic mass is 16.6. The Hall–Kier alpha value is -1.43. The van der Waals surface area contributed by atoms with E-state index in [0.29, 0.717) is 5.56 Å². The first-order valence-electron chi connectivity index (χ1n) is 9.38. The van der Waals surface area contributed by atoms with E-state index in [-0.39, 0.29) is 12.0 Å². The van der Waals surface area contributed by atoms with Gasteiger partial charge in [-0.05, 0) is 18.5 Å². The zero-order valence-electron chi connectivity index (χ0n) is 15.6. The highest BCUT2D eigenvalue weighted by Gasteiger charge is 2.47. The van der Waals surface area contributed by atoms with Crippen LogP contribution in [0.2, 0.25) is 0 Å². The number of carbonyl (C=O) groups excluding carboxylic acids is 1. The van der Waals surface area contributed by atoms with Crippen LogP contribution in [0.3, 0.4) is 0 Å². The lowest BCUT2D eigenvalue weighted by Crippen LogP contribution is -2.58. The number of nitrogens with zero attached hydrogens (tertiary/aromatic N) is 2. The number of aliphatic hydroxyl groups is 1. The second-order valence-corrected chi connectivity index (χ2v) is 8.10. The molecule has 0 saturated carbocycles. The molecule has 2 fully saturated rings. The predicted octanol–water partition coefficient (Wildman–Crippen LogP) is 1.61. The van der Waals surface area contributed by atoms with Crippen LogP contribution < -0.4 is 0 Å². The highest BCUT2D eigenvalue weighted by molar-refractivity contribution is 5.81. The third-order valence-corrected chi connectivity index (χ3v) is 6.06. The molecule has 2 saturated heterocycles. The molecule has 2 unspecified atom stereocenters. The fourth-order valence-corrected chi connectivity index (χ4v) is 4.14. The first-order chi connectivity index (χ1) is 11.9. The van der Waals surface area contributed by atoms with Gasteiger partial charge in [0.2, 0.25) is 0 Å². The Bertz CT molecular complexity index is 596. The number of carbonyl (C=O) groups is 1. The zero-order valence-corrected chi connectivity index (χ0v) is 15.6. The van der Waals surface area contributed by atoms with Crippen molar-refractivity contribution in [3.05, 3.63) is 35.9 Å². The van der Waals surface area contributed by atoms with Crippen molar-refractivity contribution in [1.29, 1.82) is 0 Å². The fraction of sp³-hybridized carbons (Fsp3) is 0.650. The first kappa shape index (κ1) is 18.4. The molecular weight excluding hydrogens is 316 g/mol. The third-order valence-electron chi connectivity index (χ3n) is 6.06. The minimum Gasteiger partial charge on any atom is -0.454 e. The molecule has 1 aromatic rings. The molecule has 0 radical (unpaired) electrons. The Kier molecular flexibility index (Phi) is 5.19. The summed E-state index contributed by atoms with van der Waals surface area (Å²) in [5, 5.41) is 11.1. The van der Waals surface area contributed by atoms with E-state index >= 15 is 0 Å². The number of piperazine rings is 1. The van der Waals surface area contributed by atoms with Crippen molar-refractivity contribution < 1.29 is 19.1 Å². The first-order valence-corrected chi connectivity index (χ1v) is 9.38. The molecule has 5 heteroatoms. The van der Waals surface area contributed by atoms with Gasteiger partial charge in [-0.25, -0.2) is 4.79 Å². The maximum Gasteiger partial charge on any atom is 0.343 e. The van der Waals surface area contributed by atoms with Crippen LogP contribution in [0.4, 0.5) is 0 Å². The maximum absolute atomic E-state index is 12.9. The topological polar surface area (TPSA) is 49.8 Å². The Morgan fingerprint density at radius 1 is 1.24 bits per heavy atom. The maximum atomic E-state index is 12.9. The van der Waals surface area contributed by atoms with E-state index in [2.05, 4.69) is 11.9 Å². The normalized spacial score (nSPS) is 25.9. The Morgan fingerprint density at radius 3 is 2.48 bits per heavy atom. The summed E-state index contributed by atoms with van der Waals surface area (Å²) < 4.78 is 6.88. The molecule has 1 N–H and O–H groups in total. The second-order valence-electron chi connectivity index (χ2n) is 8.10. The Morgan fingerprint density at radius 2 is 1.88 bits per heavy atom. The number of likely N-dealkylation sites (N-methyl/N-ethyl adjacent to an activating group) is 1. The summed E-state index contributed by atoms with van der Waals surface area (Å²) >= 11 is 0. The van der Waals surface area contributed by atoms with Crippen molar-refractivity contribution in [3.63, 3.8) is 0 Å². The van der Waals surface area contributed by atoms with Crippen molar-refractivity contribution in [2.45, 2.75) is 32.0 Å². The summed E-state index contributed by atoms with van der Waals surface area (Å²) in [5.41, 5.74) is -0.979. The number of rotatable bonds is 4. The van der Waals surface area contributed by atoms with Crippen LogP contribution >= 0.6 is 0 Å². The van der Waals surface area contributed by atoms with E-state index in [9.17, 15) is 9.90 Å². The summed E-state index contributed by atoms with van der Waals surface area (Å²) in [7, 11) is 2.16. The summed E-state index contributed by atoms with van der Waals surface area (Å²) in [4.78, 5) is 15.3. The third kappa shape index (κ3) is 3.59. The summed E-state index contributed by atoms with van der Waals surface area (Å²) in [5.74, 6) is -0.761. The smallest absolute Gasteiger partial charge is 0.343 e. The van der Waals surface area contributed by atoms with Crippen molar-refractivity contribution >= 4 is 5.97 Å². The average Bonchev–Trinajstić information content (AvgIpc) is 3.00. The van der Waals surface area contributed by atoms with E-state index in [1.54, 1.807) is 12.1 Å². The Balaban J connectivity index is 1.69.